The minimum absolute atomic E-state index is 0.165. The first-order valence-electron chi connectivity index (χ1n) is 8.86. The molecular formula is C19H25BN2O3S. The molecule has 1 amide bonds. The topological polar surface area (TPSA) is 60.5 Å². The first kappa shape index (κ1) is 19.1. The van der Waals surface area contributed by atoms with Crippen LogP contribution in [0.25, 0.3) is 0 Å². The number of rotatable bonds is 4. The summed E-state index contributed by atoms with van der Waals surface area (Å²) in [4.78, 5) is 18.0. The van der Waals surface area contributed by atoms with Crippen LogP contribution in [-0.2, 0) is 15.7 Å². The van der Waals surface area contributed by atoms with Crippen molar-refractivity contribution in [1.82, 2.24) is 4.98 Å². The van der Waals surface area contributed by atoms with Crippen LogP contribution in [0.3, 0.4) is 0 Å². The molecule has 26 heavy (non-hydrogen) atoms. The molecule has 1 aromatic heterocycles. The van der Waals surface area contributed by atoms with Crippen LogP contribution in [0.4, 0.5) is 5.13 Å². The average molecular weight is 372 g/mol. The zero-order valence-corrected chi connectivity index (χ0v) is 17.0. The van der Waals surface area contributed by atoms with Crippen molar-refractivity contribution in [2.75, 3.05) is 5.32 Å². The zero-order chi connectivity index (χ0) is 19.1. The first-order valence-corrected chi connectivity index (χ1v) is 9.68. The molecule has 1 aromatic carbocycles. The van der Waals surface area contributed by atoms with Crippen LogP contribution in [0.15, 0.2) is 24.3 Å². The van der Waals surface area contributed by atoms with E-state index in [4.69, 9.17) is 9.31 Å². The fourth-order valence-corrected chi connectivity index (χ4v) is 3.65. The van der Waals surface area contributed by atoms with Crippen LogP contribution >= 0.6 is 11.3 Å². The van der Waals surface area contributed by atoms with Gasteiger partial charge >= 0.3 is 7.12 Å². The number of anilines is 1. The number of hydrogen-bond donors (Lipinski definition) is 1. The van der Waals surface area contributed by atoms with E-state index < -0.39 is 7.12 Å². The van der Waals surface area contributed by atoms with Gasteiger partial charge in [0.15, 0.2) is 5.13 Å². The van der Waals surface area contributed by atoms with Crippen molar-refractivity contribution in [3.63, 3.8) is 0 Å². The van der Waals surface area contributed by atoms with Gasteiger partial charge in [0.1, 0.15) is 0 Å². The van der Waals surface area contributed by atoms with E-state index >= 15 is 0 Å². The predicted molar refractivity (Wildman–Crippen MR) is 106 cm³/mol. The number of hydrogen-bond acceptors (Lipinski definition) is 5. The Morgan fingerprint density at radius 2 is 1.73 bits per heavy atom. The van der Waals surface area contributed by atoms with Gasteiger partial charge in [0.05, 0.1) is 16.9 Å². The summed E-state index contributed by atoms with van der Waals surface area (Å²) in [6.45, 7) is 12.2. The lowest BCUT2D eigenvalue weighted by Gasteiger charge is -2.32. The summed E-state index contributed by atoms with van der Waals surface area (Å²) in [5.74, 6) is -0.165. The van der Waals surface area contributed by atoms with Crippen molar-refractivity contribution >= 4 is 35.0 Å². The number of aryl methyl sites for hydroxylation is 2. The lowest BCUT2D eigenvalue weighted by atomic mass is 9.79. The minimum Gasteiger partial charge on any atom is -0.399 e. The van der Waals surface area contributed by atoms with Crippen molar-refractivity contribution in [3.05, 3.63) is 40.4 Å². The van der Waals surface area contributed by atoms with Gasteiger partial charge < -0.3 is 9.31 Å². The van der Waals surface area contributed by atoms with Crippen molar-refractivity contribution in [2.45, 2.75) is 59.2 Å². The van der Waals surface area contributed by atoms with Crippen LogP contribution in [0.2, 0.25) is 0 Å². The van der Waals surface area contributed by atoms with E-state index in [2.05, 4.69) is 17.2 Å². The molecule has 138 valence electrons. The summed E-state index contributed by atoms with van der Waals surface area (Å²) in [5.41, 5.74) is 1.75. The second-order valence-corrected chi connectivity index (χ2v) is 8.74. The standard InChI is InChI=1S/C19H25BN2O3S/c1-7-15-12(2)26-17(21-15)22-16(23)13-8-10-14(11-9-13)20-24-18(3,4)19(5,6)25-20/h8-11H,7H2,1-6H3,(H,21,22,23). The number of thiazole rings is 1. The highest BCUT2D eigenvalue weighted by Gasteiger charge is 2.51. The molecule has 0 saturated carbocycles. The van der Waals surface area contributed by atoms with Gasteiger partial charge in [-0.25, -0.2) is 4.98 Å². The Kier molecular flexibility index (Phi) is 4.99. The third kappa shape index (κ3) is 3.56. The summed E-state index contributed by atoms with van der Waals surface area (Å²) < 4.78 is 12.1. The molecule has 0 spiro atoms. The third-order valence-electron chi connectivity index (χ3n) is 5.15. The molecule has 0 unspecified atom stereocenters. The van der Waals surface area contributed by atoms with E-state index in [9.17, 15) is 4.79 Å². The Bertz CT molecular complexity index is 799. The van der Waals surface area contributed by atoms with Gasteiger partial charge in [-0.05, 0) is 58.6 Å². The van der Waals surface area contributed by atoms with Crippen LogP contribution in [0.1, 0.15) is 55.5 Å². The molecule has 2 heterocycles. The second kappa shape index (κ2) is 6.80. The number of benzene rings is 1. The lowest BCUT2D eigenvalue weighted by Crippen LogP contribution is -2.41. The molecule has 0 bridgehead atoms. The first-order chi connectivity index (χ1) is 12.1. The summed E-state index contributed by atoms with van der Waals surface area (Å²) in [6, 6.07) is 7.33. The highest BCUT2D eigenvalue weighted by molar-refractivity contribution is 7.15. The highest BCUT2D eigenvalue weighted by atomic mass is 32.1. The molecule has 1 fully saturated rings. The van der Waals surface area contributed by atoms with E-state index in [0.29, 0.717) is 10.7 Å². The maximum Gasteiger partial charge on any atom is 0.494 e. The maximum absolute atomic E-state index is 12.5. The largest absolute Gasteiger partial charge is 0.494 e. The van der Waals surface area contributed by atoms with Crippen molar-refractivity contribution < 1.29 is 14.1 Å². The van der Waals surface area contributed by atoms with Gasteiger partial charge in [0, 0.05) is 10.4 Å². The van der Waals surface area contributed by atoms with Crippen LogP contribution < -0.4 is 10.8 Å². The zero-order valence-electron chi connectivity index (χ0n) is 16.2. The van der Waals surface area contributed by atoms with Crippen molar-refractivity contribution in [3.8, 4) is 0 Å². The summed E-state index contributed by atoms with van der Waals surface area (Å²) in [5, 5.41) is 3.51. The predicted octanol–water partition coefficient (Wildman–Crippen LogP) is 3.57. The molecule has 1 N–H and O–H groups in total. The van der Waals surface area contributed by atoms with E-state index in [1.54, 1.807) is 12.1 Å². The fraction of sp³-hybridized carbons (Fsp3) is 0.474. The third-order valence-corrected chi connectivity index (χ3v) is 6.07. The molecule has 0 aliphatic carbocycles. The highest BCUT2D eigenvalue weighted by Crippen LogP contribution is 2.36. The van der Waals surface area contributed by atoms with E-state index in [-0.39, 0.29) is 17.1 Å². The molecule has 1 aliphatic rings. The molecule has 1 aliphatic heterocycles. The monoisotopic (exact) mass is 372 g/mol. The molecular weight excluding hydrogens is 347 g/mol. The van der Waals surface area contributed by atoms with Crippen LogP contribution in [0, 0.1) is 6.92 Å². The Balaban J connectivity index is 1.70. The average Bonchev–Trinajstić information content (AvgIpc) is 3.03. The van der Waals surface area contributed by atoms with Gasteiger partial charge in [0.25, 0.3) is 5.91 Å². The number of nitrogens with one attached hydrogen (secondary N) is 1. The second-order valence-electron chi connectivity index (χ2n) is 7.54. The molecule has 3 rings (SSSR count). The smallest absolute Gasteiger partial charge is 0.399 e. The Morgan fingerprint density at radius 1 is 1.15 bits per heavy atom. The molecule has 1 saturated heterocycles. The quantitative estimate of drug-likeness (QED) is 0.834. The molecule has 2 aromatic rings. The summed E-state index contributed by atoms with van der Waals surface area (Å²) >= 11 is 1.50. The number of amides is 1. The van der Waals surface area contributed by atoms with Gasteiger partial charge in [-0.2, -0.15) is 0 Å². The summed E-state index contributed by atoms with van der Waals surface area (Å²) in [7, 11) is -0.425. The Hall–Kier alpha value is -1.70. The number of aromatic nitrogens is 1. The van der Waals surface area contributed by atoms with Crippen molar-refractivity contribution in [1.29, 1.82) is 0 Å². The van der Waals surface area contributed by atoms with Gasteiger partial charge in [-0.3, -0.25) is 10.1 Å². The molecule has 0 atom stereocenters. The van der Waals surface area contributed by atoms with Crippen LogP contribution in [0.5, 0.6) is 0 Å². The fourth-order valence-electron chi connectivity index (χ4n) is 2.75. The van der Waals surface area contributed by atoms with E-state index in [0.717, 1.165) is 22.5 Å². The van der Waals surface area contributed by atoms with Gasteiger partial charge in [-0.1, -0.05) is 19.1 Å². The number of nitrogens with zero attached hydrogens (tertiary/aromatic N) is 1. The minimum atomic E-state index is -0.425. The van der Waals surface area contributed by atoms with Crippen LogP contribution in [-0.4, -0.2) is 29.2 Å². The number of carbonyl (C=O) groups excluding carboxylic acids is 1. The van der Waals surface area contributed by atoms with Crippen molar-refractivity contribution in [2.24, 2.45) is 0 Å². The van der Waals surface area contributed by atoms with E-state index in [1.807, 2.05) is 46.8 Å². The maximum atomic E-state index is 12.5. The lowest BCUT2D eigenvalue weighted by molar-refractivity contribution is 0.00578. The van der Waals surface area contributed by atoms with E-state index in [1.165, 1.54) is 11.3 Å². The Labute approximate surface area is 159 Å². The van der Waals surface area contributed by atoms with Gasteiger partial charge in [-0.15, -0.1) is 11.3 Å². The SMILES string of the molecule is CCc1nc(NC(=O)c2ccc(B3OC(C)(C)C(C)(C)O3)cc2)sc1C. The normalized spacial score (nSPS) is 18.2. The van der Waals surface area contributed by atoms with Gasteiger partial charge in [0.2, 0.25) is 0 Å². The Morgan fingerprint density at radius 3 is 2.23 bits per heavy atom. The summed E-state index contributed by atoms with van der Waals surface area (Å²) in [6.07, 6.45) is 0.862. The number of carbonyl (C=O) groups is 1. The molecule has 0 radical (unpaired) electrons. The molecule has 5 nitrogen and oxygen atoms in total. The molecule has 7 heteroatoms.